The lowest BCUT2D eigenvalue weighted by Crippen LogP contribution is -2.15. The minimum atomic E-state index is -1.10. The van der Waals surface area contributed by atoms with Gasteiger partial charge in [0.25, 0.3) is 0 Å². The highest BCUT2D eigenvalue weighted by molar-refractivity contribution is 6.35. The highest BCUT2D eigenvalue weighted by Gasteiger charge is 2.43. The van der Waals surface area contributed by atoms with E-state index < -0.39 is 29.9 Å². The van der Waals surface area contributed by atoms with Crippen molar-refractivity contribution in [2.45, 2.75) is 25.6 Å². The molecule has 0 bridgehead atoms. The minimum absolute atomic E-state index is 0.0916. The summed E-state index contributed by atoms with van der Waals surface area (Å²) in [5.41, 5.74) is 2.05. The van der Waals surface area contributed by atoms with E-state index >= 15 is 4.39 Å². The smallest absolute Gasteiger partial charge is 0.231 e. The zero-order valence-corrected chi connectivity index (χ0v) is 18.5. The van der Waals surface area contributed by atoms with Gasteiger partial charge >= 0.3 is 0 Å². The Labute approximate surface area is 195 Å². The second kappa shape index (κ2) is 7.59. The lowest BCUT2D eigenvalue weighted by Gasteiger charge is -2.17. The van der Waals surface area contributed by atoms with Gasteiger partial charge < -0.3 is 9.72 Å². The monoisotopic (exact) mass is 482 g/mol. The zero-order chi connectivity index (χ0) is 23.6. The number of halogens is 3. The van der Waals surface area contributed by atoms with E-state index in [1.807, 2.05) is 6.92 Å². The summed E-state index contributed by atoms with van der Waals surface area (Å²) in [6.07, 6.45) is 8.77. The number of alkyl halides is 1. The molecule has 1 saturated carbocycles. The number of nitrogens with one attached hydrogen (secondary N) is 2. The van der Waals surface area contributed by atoms with Gasteiger partial charge in [-0.15, -0.1) is 0 Å². The Balaban J connectivity index is 1.43. The van der Waals surface area contributed by atoms with Crippen LogP contribution in [-0.4, -0.2) is 46.4 Å². The maximum absolute atomic E-state index is 15.6. The summed E-state index contributed by atoms with van der Waals surface area (Å²) in [5.74, 6) is -1.35. The number of rotatable bonds is 5. The molecule has 34 heavy (non-hydrogen) atoms. The van der Waals surface area contributed by atoms with Crippen molar-refractivity contribution in [1.82, 2.24) is 34.3 Å². The van der Waals surface area contributed by atoms with Crippen molar-refractivity contribution in [2.75, 3.05) is 5.32 Å². The van der Waals surface area contributed by atoms with Gasteiger partial charge in [-0.3, -0.25) is 19.6 Å². The fraction of sp³-hybridized carbons (Fsp3) is 0.227. The Morgan fingerprint density at radius 2 is 2.18 bits per heavy atom. The molecule has 4 aromatic heterocycles. The summed E-state index contributed by atoms with van der Waals surface area (Å²) in [6, 6.07) is 1.32. The molecule has 1 aliphatic carbocycles. The van der Waals surface area contributed by atoms with Gasteiger partial charge in [-0.2, -0.15) is 10.2 Å². The third kappa shape index (κ3) is 3.23. The maximum atomic E-state index is 15.6. The third-order valence-corrected chi connectivity index (χ3v) is 6.42. The van der Waals surface area contributed by atoms with Crippen LogP contribution in [0.3, 0.4) is 0 Å². The van der Waals surface area contributed by atoms with Crippen molar-refractivity contribution in [1.29, 1.82) is 0 Å². The fourth-order valence-electron chi connectivity index (χ4n) is 4.16. The molecule has 172 valence electrons. The molecule has 3 atom stereocenters. The number of carbonyl (C=O) groups is 1. The molecule has 0 spiro atoms. The van der Waals surface area contributed by atoms with Crippen LogP contribution >= 0.6 is 11.6 Å². The molecular formula is C22H17ClF2N8O. The summed E-state index contributed by atoms with van der Waals surface area (Å²) >= 11 is 6.55. The first-order valence-electron chi connectivity index (χ1n) is 10.6. The van der Waals surface area contributed by atoms with Crippen LogP contribution in [0.4, 0.5) is 14.6 Å². The molecule has 0 radical (unpaired) electrons. The largest absolute Gasteiger partial charge is 0.309 e. The van der Waals surface area contributed by atoms with Crippen molar-refractivity contribution < 1.29 is 13.6 Å². The van der Waals surface area contributed by atoms with Crippen LogP contribution in [-0.2, 0) is 4.79 Å². The van der Waals surface area contributed by atoms with Crippen LogP contribution in [0.25, 0.3) is 27.8 Å². The molecular weight excluding hydrogens is 466 g/mol. The molecule has 1 fully saturated rings. The first kappa shape index (κ1) is 20.7. The molecule has 1 aromatic carbocycles. The van der Waals surface area contributed by atoms with E-state index in [4.69, 9.17) is 11.6 Å². The first-order valence-corrected chi connectivity index (χ1v) is 10.9. The predicted molar refractivity (Wildman–Crippen MR) is 121 cm³/mol. The molecule has 4 heterocycles. The number of H-pyrrole nitrogens is 1. The number of imidazole rings is 1. The Hall–Kier alpha value is -3.86. The van der Waals surface area contributed by atoms with E-state index in [9.17, 15) is 9.18 Å². The van der Waals surface area contributed by atoms with E-state index in [0.717, 1.165) is 0 Å². The molecule has 6 rings (SSSR count). The number of anilines is 1. The van der Waals surface area contributed by atoms with Crippen LogP contribution in [0.2, 0.25) is 5.02 Å². The van der Waals surface area contributed by atoms with Gasteiger partial charge in [0.15, 0.2) is 11.5 Å². The number of nitrogens with zero attached hydrogens (tertiary/aromatic N) is 6. The molecule has 5 aromatic rings. The molecule has 3 unspecified atom stereocenters. The Morgan fingerprint density at radius 3 is 2.91 bits per heavy atom. The minimum Gasteiger partial charge on any atom is -0.309 e. The number of hydrogen-bond donors (Lipinski definition) is 2. The third-order valence-electron chi connectivity index (χ3n) is 6.06. The standard InChI is InChI=1S/C22H17ClF2N8O/c1-10(33-4-2-3-28-33)17-20(25)19(23)18(12-6-27-31-21(12)17)14-8-32-9-15(29-16(32)7-26-14)30-22(34)11-5-13(11)24/h2-4,6-11,13H,5H2,1H3,(H,27,31)(H,30,34). The van der Waals surface area contributed by atoms with Gasteiger partial charge in [0.1, 0.15) is 12.0 Å². The summed E-state index contributed by atoms with van der Waals surface area (Å²) in [7, 11) is 0. The van der Waals surface area contributed by atoms with Gasteiger partial charge in [0.2, 0.25) is 5.91 Å². The molecule has 0 saturated heterocycles. The summed E-state index contributed by atoms with van der Waals surface area (Å²) in [6.45, 7) is 1.82. The number of aromatic amines is 1. The van der Waals surface area contributed by atoms with Crippen LogP contribution in [0.15, 0.2) is 43.2 Å². The quantitative estimate of drug-likeness (QED) is 0.391. The lowest BCUT2D eigenvalue weighted by atomic mass is 9.98. The normalized spacial score (nSPS) is 18.5. The summed E-state index contributed by atoms with van der Waals surface area (Å²) in [4.78, 5) is 20.7. The Bertz CT molecular complexity index is 1560. The van der Waals surface area contributed by atoms with Crippen LogP contribution in [0.1, 0.15) is 24.9 Å². The number of fused-ring (bicyclic) bond motifs is 2. The molecule has 12 heteroatoms. The number of aromatic nitrogens is 7. The summed E-state index contributed by atoms with van der Waals surface area (Å²) in [5, 5.41) is 14.3. The van der Waals surface area contributed by atoms with E-state index in [0.29, 0.717) is 33.4 Å². The summed E-state index contributed by atoms with van der Waals surface area (Å²) < 4.78 is 32.0. The van der Waals surface area contributed by atoms with Crippen molar-refractivity contribution in [3.8, 4) is 11.3 Å². The molecule has 2 N–H and O–H groups in total. The maximum Gasteiger partial charge on any atom is 0.231 e. The predicted octanol–water partition coefficient (Wildman–Crippen LogP) is 4.17. The first-order chi connectivity index (χ1) is 16.4. The van der Waals surface area contributed by atoms with Gasteiger partial charge in [0.05, 0.1) is 46.8 Å². The average molecular weight is 483 g/mol. The second-order valence-corrected chi connectivity index (χ2v) is 8.63. The molecule has 1 amide bonds. The highest BCUT2D eigenvalue weighted by Crippen LogP contribution is 2.41. The number of hydrogen-bond acceptors (Lipinski definition) is 5. The van der Waals surface area contributed by atoms with Crippen molar-refractivity contribution in [2.24, 2.45) is 5.92 Å². The topological polar surface area (TPSA) is 106 Å². The van der Waals surface area contributed by atoms with Crippen molar-refractivity contribution in [3.05, 3.63) is 59.7 Å². The molecule has 9 nitrogen and oxygen atoms in total. The Morgan fingerprint density at radius 1 is 1.35 bits per heavy atom. The van der Waals surface area contributed by atoms with Gasteiger partial charge in [-0.1, -0.05) is 11.6 Å². The van der Waals surface area contributed by atoms with Gasteiger partial charge in [-0.25, -0.2) is 13.8 Å². The highest BCUT2D eigenvalue weighted by atomic mass is 35.5. The van der Waals surface area contributed by atoms with Crippen molar-refractivity contribution >= 4 is 39.9 Å². The SMILES string of the molecule is CC(c1c(F)c(Cl)c(-c2cn3cc(NC(=O)C4CC4F)nc3cn2)c2cn[nH]c12)n1cccn1. The van der Waals surface area contributed by atoms with E-state index in [1.165, 1.54) is 6.20 Å². The van der Waals surface area contributed by atoms with E-state index in [2.05, 4.69) is 30.6 Å². The van der Waals surface area contributed by atoms with E-state index in [1.54, 1.807) is 46.1 Å². The van der Waals surface area contributed by atoms with Crippen LogP contribution in [0, 0.1) is 11.7 Å². The van der Waals surface area contributed by atoms with Gasteiger partial charge in [0, 0.05) is 35.1 Å². The molecule has 0 aliphatic heterocycles. The second-order valence-electron chi connectivity index (χ2n) is 8.25. The van der Waals surface area contributed by atoms with Gasteiger partial charge in [-0.05, 0) is 19.4 Å². The zero-order valence-electron chi connectivity index (χ0n) is 17.7. The van der Waals surface area contributed by atoms with Crippen molar-refractivity contribution in [3.63, 3.8) is 0 Å². The van der Waals surface area contributed by atoms with Crippen LogP contribution in [0.5, 0.6) is 0 Å². The van der Waals surface area contributed by atoms with E-state index in [-0.39, 0.29) is 17.3 Å². The lowest BCUT2D eigenvalue weighted by molar-refractivity contribution is -0.117. The molecule has 1 aliphatic rings. The average Bonchev–Trinajstić information content (AvgIpc) is 3.26. The number of amides is 1. The van der Waals surface area contributed by atoms with Crippen LogP contribution < -0.4 is 5.32 Å². The fourth-order valence-corrected chi connectivity index (χ4v) is 4.46. The Kier molecular flexibility index (Phi) is 4.63. The number of benzene rings is 1. The number of carbonyl (C=O) groups excluding carboxylic acids is 1.